The predicted molar refractivity (Wildman–Crippen MR) is 87.3 cm³/mol. The van der Waals surface area contributed by atoms with Crippen LogP contribution in [0.25, 0.3) is 10.2 Å². The second-order valence-corrected chi connectivity index (χ2v) is 6.72. The Morgan fingerprint density at radius 3 is 2.91 bits per heavy atom. The number of benzene rings is 1. The first-order chi connectivity index (χ1) is 10.6. The van der Waals surface area contributed by atoms with E-state index >= 15 is 0 Å². The van der Waals surface area contributed by atoms with Crippen molar-refractivity contribution in [3.8, 4) is 0 Å². The average molecular weight is 334 g/mol. The van der Waals surface area contributed by atoms with E-state index in [0.29, 0.717) is 6.54 Å². The lowest BCUT2D eigenvalue weighted by Gasteiger charge is -2.04. The first-order valence-electron chi connectivity index (χ1n) is 6.78. The van der Waals surface area contributed by atoms with Crippen LogP contribution in [0.1, 0.15) is 17.1 Å². The molecule has 7 heteroatoms. The molecule has 0 radical (unpaired) electrons. The highest BCUT2D eigenvalue weighted by Gasteiger charge is 2.09. The molecule has 0 saturated heterocycles. The van der Waals surface area contributed by atoms with Crippen molar-refractivity contribution in [2.75, 3.05) is 0 Å². The largest absolute Gasteiger partial charge is 0.458 e. The van der Waals surface area contributed by atoms with Gasteiger partial charge in [0.2, 0.25) is 0 Å². The van der Waals surface area contributed by atoms with Crippen molar-refractivity contribution >= 4 is 38.9 Å². The number of carbonyl (C=O) groups is 1. The minimum absolute atomic E-state index is 0.0449. The third-order valence-electron chi connectivity index (χ3n) is 3.21. The Kier molecular flexibility index (Phi) is 4.35. The molecule has 5 nitrogen and oxygen atoms in total. The van der Waals surface area contributed by atoms with Crippen LogP contribution in [0, 0.1) is 6.92 Å². The highest BCUT2D eigenvalue weighted by molar-refractivity contribution is 7.18. The van der Waals surface area contributed by atoms with E-state index in [4.69, 9.17) is 4.74 Å². The topological polar surface area (TPSA) is 61.2 Å². The normalized spacial score (nSPS) is 11.0. The molecule has 3 rings (SSSR count). The smallest absolute Gasteiger partial charge is 0.308 e. The van der Waals surface area contributed by atoms with Crippen LogP contribution in [0.4, 0.5) is 0 Å². The molecule has 114 valence electrons. The average Bonchev–Trinajstić information content (AvgIpc) is 3.07. The lowest BCUT2D eigenvalue weighted by atomic mass is 10.3. The lowest BCUT2D eigenvalue weighted by molar-refractivity contribution is -0.145. The molecule has 1 aromatic carbocycles. The zero-order valence-corrected chi connectivity index (χ0v) is 13.6. The van der Waals surface area contributed by atoms with Crippen LogP contribution < -0.4 is 4.87 Å². The summed E-state index contributed by atoms with van der Waals surface area (Å²) in [4.78, 5) is 27.7. The van der Waals surface area contributed by atoms with Crippen LogP contribution in [-0.2, 0) is 22.7 Å². The van der Waals surface area contributed by atoms with Crippen molar-refractivity contribution in [2.45, 2.75) is 26.5 Å². The summed E-state index contributed by atoms with van der Waals surface area (Å²) >= 11 is 2.66. The summed E-state index contributed by atoms with van der Waals surface area (Å²) in [5, 5.41) is 2.56. The Bertz CT molecular complexity index is 830. The van der Waals surface area contributed by atoms with E-state index in [1.165, 1.54) is 11.3 Å². The van der Waals surface area contributed by atoms with Gasteiger partial charge in [-0.05, 0) is 19.1 Å². The number of nitrogens with zero attached hydrogens (tertiary/aromatic N) is 2. The van der Waals surface area contributed by atoms with Crippen molar-refractivity contribution in [1.29, 1.82) is 0 Å². The number of thiazole rings is 2. The molecule has 2 aromatic heterocycles. The fraction of sp³-hybridized carbons (Fsp3) is 0.267. The summed E-state index contributed by atoms with van der Waals surface area (Å²) in [5.74, 6) is -0.322. The Hall–Kier alpha value is -1.99. The summed E-state index contributed by atoms with van der Waals surface area (Å²) in [6, 6.07) is 7.81. The Morgan fingerprint density at radius 2 is 2.18 bits per heavy atom. The predicted octanol–water partition coefficient (Wildman–Crippen LogP) is 2.96. The molecule has 0 saturated carbocycles. The quantitative estimate of drug-likeness (QED) is 0.673. The summed E-state index contributed by atoms with van der Waals surface area (Å²) in [5.41, 5.74) is 1.79. The van der Waals surface area contributed by atoms with Crippen LogP contribution in [0.2, 0.25) is 0 Å². The van der Waals surface area contributed by atoms with Crippen LogP contribution >= 0.6 is 22.7 Å². The number of carbonyl (C=O) groups excluding carboxylic acids is 1. The summed E-state index contributed by atoms with van der Waals surface area (Å²) in [7, 11) is 0. The summed E-state index contributed by atoms with van der Waals surface area (Å²) in [6.07, 6.45) is 0.183. The minimum atomic E-state index is -0.322. The van der Waals surface area contributed by atoms with E-state index in [1.807, 2.05) is 31.2 Å². The van der Waals surface area contributed by atoms with Gasteiger partial charge in [0.25, 0.3) is 0 Å². The maximum Gasteiger partial charge on any atom is 0.308 e. The van der Waals surface area contributed by atoms with Gasteiger partial charge in [-0.25, -0.2) is 4.98 Å². The van der Waals surface area contributed by atoms with Gasteiger partial charge in [0.05, 0.1) is 16.6 Å². The van der Waals surface area contributed by atoms with Gasteiger partial charge in [0.15, 0.2) is 0 Å². The number of fused-ring (bicyclic) bond motifs is 1. The lowest BCUT2D eigenvalue weighted by Crippen LogP contribution is -2.17. The molecule has 0 aliphatic heterocycles. The molecule has 0 fully saturated rings. The molecule has 0 amide bonds. The fourth-order valence-corrected chi connectivity index (χ4v) is 3.72. The molecule has 0 aliphatic rings. The van der Waals surface area contributed by atoms with Crippen molar-refractivity contribution in [1.82, 2.24) is 9.55 Å². The van der Waals surface area contributed by atoms with Crippen LogP contribution in [0.3, 0.4) is 0 Å². The van der Waals surface area contributed by atoms with E-state index < -0.39 is 0 Å². The van der Waals surface area contributed by atoms with Gasteiger partial charge in [0, 0.05) is 17.6 Å². The summed E-state index contributed by atoms with van der Waals surface area (Å²) in [6.45, 7) is 2.38. The monoisotopic (exact) mass is 334 g/mol. The standard InChI is InChI=1S/C15H14N2O3S2/c1-10-9-21-15(19)17(10)7-6-14(18)20-8-13-16-11-4-2-3-5-12(11)22-13/h2-5,9H,6-8H2,1H3. The second kappa shape index (κ2) is 6.41. The Balaban J connectivity index is 1.55. The number of hydrogen-bond acceptors (Lipinski definition) is 6. The van der Waals surface area contributed by atoms with Crippen molar-refractivity contribution in [3.63, 3.8) is 0 Å². The van der Waals surface area contributed by atoms with Crippen molar-refractivity contribution in [3.05, 3.63) is 50.0 Å². The van der Waals surface area contributed by atoms with E-state index in [1.54, 1.807) is 9.95 Å². The summed E-state index contributed by atoms with van der Waals surface area (Å²) < 4.78 is 7.90. The molecule has 0 bridgehead atoms. The highest BCUT2D eigenvalue weighted by atomic mass is 32.1. The minimum Gasteiger partial charge on any atom is -0.458 e. The van der Waals surface area contributed by atoms with E-state index in [0.717, 1.165) is 32.3 Å². The number of para-hydroxylation sites is 1. The number of aryl methyl sites for hydroxylation is 1. The number of rotatable bonds is 5. The molecule has 0 atom stereocenters. The number of aromatic nitrogens is 2. The molecule has 3 aromatic rings. The molecule has 0 N–H and O–H groups in total. The maximum absolute atomic E-state index is 11.8. The molecular weight excluding hydrogens is 320 g/mol. The number of hydrogen-bond donors (Lipinski definition) is 0. The zero-order valence-electron chi connectivity index (χ0n) is 11.9. The van der Waals surface area contributed by atoms with Gasteiger partial charge in [-0.1, -0.05) is 23.5 Å². The van der Waals surface area contributed by atoms with E-state index in [2.05, 4.69) is 4.98 Å². The van der Waals surface area contributed by atoms with Crippen molar-refractivity contribution in [2.24, 2.45) is 0 Å². The Morgan fingerprint density at radius 1 is 1.36 bits per heavy atom. The van der Waals surface area contributed by atoms with Gasteiger partial charge in [0.1, 0.15) is 11.6 Å². The van der Waals surface area contributed by atoms with Crippen LogP contribution in [-0.4, -0.2) is 15.5 Å². The SMILES string of the molecule is Cc1csc(=O)n1CCC(=O)OCc1nc2ccccc2s1. The van der Waals surface area contributed by atoms with E-state index in [9.17, 15) is 9.59 Å². The highest BCUT2D eigenvalue weighted by Crippen LogP contribution is 2.22. The molecule has 0 aliphatic carbocycles. The molecule has 22 heavy (non-hydrogen) atoms. The third kappa shape index (κ3) is 3.26. The maximum atomic E-state index is 11.8. The van der Waals surface area contributed by atoms with Crippen LogP contribution in [0.5, 0.6) is 0 Å². The van der Waals surface area contributed by atoms with Gasteiger partial charge < -0.3 is 9.30 Å². The number of esters is 1. The van der Waals surface area contributed by atoms with Gasteiger partial charge in [-0.15, -0.1) is 11.3 Å². The van der Waals surface area contributed by atoms with Crippen molar-refractivity contribution < 1.29 is 9.53 Å². The molecular formula is C15H14N2O3S2. The molecule has 0 spiro atoms. The van der Waals surface area contributed by atoms with E-state index in [-0.39, 0.29) is 23.9 Å². The first-order valence-corrected chi connectivity index (χ1v) is 8.48. The first kappa shape index (κ1) is 14.9. The van der Waals surface area contributed by atoms with Gasteiger partial charge in [-0.3, -0.25) is 9.59 Å². The number of ether oxygens (including phenoxy) is 1. The van der Waals surface area contributed by atoms with Crippen LogP contribution in [0.15, 0.2) is 34.4 Å². The fourth-order valence-electron chi connectivity index (χ4n) is 2.07. The van der Waals surface area contributed by atoms with Gasteiger partial charge >= 0.3 is 10.8 Å². The zero-order chi connectivity index (χ0) is 15.5. The third-order valence-corrected chi connectivity index (χ3v) is 5.10. The van der Waals surface area contributed by atoms with Gasteiger partial charge in [-0.2, -0.15) is 0 Å². The molecule has 2 heterocycles. The Labute approximate surface area is 134 Å². The second-order valence-electron chi connectivity index (χ2n) is 4.78. The molecule has 0 unspecified atom stereocenters.